The van der Waals surface area contributed by atoms with Crippen molar-refractivity contribution < 1.29 is 9.84 Å². The number of nitrogens with zero attached hydrogens (tertiary/aromatic N) is 1. The first kappa shape index (κ1) is 13.1. The number of ether oxygens (including phenoxy) is 1. The number of pyridine rings is 1. The number of aliphatic hydroxyl groups excluding tert-OH is 1. The molecule has 0 amide bonds. The number of aryl methyl sites for hydroxylation is 1. The second kappa shape index (κ2) is 6.06. The monoisotopic (exact) mass is 269 g/mol. The van der Waals surface area contributed by atoms with Crippen LogP contribution in [0.25, 0.3) is 0 Å². The van der Waals surface area contributed by atoms with Crippen molar-refractivity contribution in [3.05, 3.63) is 59.4 Å². The Kier molecular flexibility index (Phi) is 3.97. The molecule has 0 unspecified atom stereocenters. The minimum atomic E-state index is -0.335. The zero-order valence-electron chi connectivity index (χ0n) is 11.5. The lowest BCUT2D eigenvalue weighted by molar-refractivity contribution is 0.156. The third-order valence-corrected chi connectivity index (χ3v) is 3.75. The van der Waals surface area contributed by atoms with E-state index in [1.165, 1.54) is 5.56 Å². The summed E-state index contributed by atoms with van der Waals surface area (Å²) in [6.45, 7) is 0.603. The summed E-state index contributed by atoms with van der Waals surface area (Å²) in [5.41, 5.74) is 3.32. The molecule has 1 aromatic heterocycles. The summed E-state index contributed by atoms with van der Waals surface area (Å²) in [6, 6.07) is 12.0. The summed E-state index contributed by atoms with van der Waals surface area (Å²) in [6.07, 6.45) is 5.22. The van der Waals surface area contributed by atoms with Crippen LogP contribution in [0, 0.1) is 0 Å². The second-order valence-corrected chi connectivity index (χ2v) is 5.19. The van der Waals surface area contributed by atoms with Gasteiger partial charge in [0.25, 0.3) is 0 Å². The van der Waals surface area contributed by atoms with Gasteiger partial charge in [0.15, 0.2) is 0 Å². The van der Waals surface area contributed by atoms with Crippen LogP contribution in [0.5, 0.6) is 5.75 Å². The molecule has 3 rings (SSSR count). The van der Waals surface area contributed by atoms with E-state index in [2.05, 4.69) is 11.1 Å². The van der Waals surface area contributed by atoms with E-state index >= 15 is 0 Å². The van der Waals surface area contributed by atoms with Gasteiger partial charge >= 0.3 is 0 Å². The first-order chi connectivity index (χ1) is 9.83. The average molecular weight is 269 g/mol. The first-order valence-corrected chi connectivity index (χ1v) is 7.16. The molecule has 0 fully saturated rings. The van der Waals surface area contributed by atoms with E-state index < -0.39 is 0 Å². The molecular weight excluding hydrogens is 250 g/mol. The summed E-state index contributed by atoms with van der Waals surface area (Å²) >= 11 is 0. The maximum absolute atomic E-state index is 10.0. The van der Waals surface area contributed by atoms with Crippen molar-refractivity contribution >= 4 is 0 Å². The van der Waals surface area contributed by atoms with Gasteiger partial charge in [-0.25, -0.2) is 0 Å². The molecule has 0 bridgehead atoms. The molecule has 0 spiro atoms. The highest BCUT2D eigenvalue weighted by atomic mass is 16.5. The third-order valence-electron chi connectivity index (χ3n) is 3.75. The summed E-state index contributed by atoms with van der Waals surface area (Å²) in [5.74, 6) is 0.834. The molecule has 1 aliphatic rings. The van der Waals surface area contributed by atoms with Gasteiger partial charge in [-0.3, -0.25) is 4.98 Å². The van der Waals surface area contributed by atoms with Crippen molar-refractivity contribution in [2.24, 2.45) is 0 Å². The van der Waals surface area contributed by atoms with Crippen LogP contribution in [-0.2, 0) is 12.8 Å². The number of benzene rings is 1. The van der Waals surface area contributed by atoms with Crippen LogP contribution in [0.3, 0.4) is 0 Å². The molecule has 3 heteroatoms. The Bertz CT molecular complexity index is 568. The van der Waals surface area contributed by atoms with Crippen LogP contribution in [0.2, 0.25) is 0 Å². The van der Waals surface area contributed by atoms with Gasteiger partial charge in [-0.15, -0.1) is 0 Å². The fraction of sp³-hybridized carbons (Fsp3) is 0.353. The van der Waals surface area contributed by atoms with Crippen LogP contribution in [0.1, 0.15) is 35.8 Å². The number of fused-ring (bicyclic) bond motifs is 1. The van der Waals surface area contributed by atoms with E-state index in [0.29, 0.717) is 6.61 Å². The number of aliphatic hydroxyl groups is 1. The quantitative estimate of drug-likeness (QED) is 0.927. The predicted molar refractivity (Wildman–Crippen MR) is 77.8 cm³/mol. The molecule has 2 aromatic rings. The molecule has 1 aliphatic carbocycles. The van der Waals surface area contributed by atoms with Crippen molar-refractivity contribution in [3.63, 3.8) is 0 Å². The Hall–Kier alpha value is -1.87. The van der Waals surface area contributed by atoms with Crippen molar-refractivity contribution in [3.8, 4) is 5.75 Å². The summed E-state index contributed by atoms with van der Waals surface area (Å²) in [4.78, 5) is 4.27. The molecular formula is C17H19NO2. The minimum Gasteiger partial charge on any atom is -0.493 e. The van der Waals surface area contributed by atoms with Gasteiger partial charge in [-0.2, -0.15) is 0 Å². The van der Waals surface area contributed by atoms with Crippen molar-refractivity contribution in [2.45, 2.75) is 31.8 Å². The van der Waals surface area contributed by atoms with Gasteiger partial charge in [0.2, 0.25) is 0 Å². The highest BCUT2D eigenvalue weighted by Crippen LogP contribution is 2.32. The maximum Gasteiger partial charge on any atom is 0.119 e. The van der Waals surface area contributed by atoms with Crippen LogP contribution in [-0.4, -0.2) is 16.7 Å². The molecule has 0 radical (unpaired) electrons. The molecule has 1 aromatic carbocycles. The largest absolute Gasteiger partial charge is 0.493 e. The van der Waals surface area contributed by atoms with Crippen LogP contribution >= 0.6 is 0 Å². The zero-order chi connectivity index (χ0) is 13.8. The fourth-order valence-corrected chi connectivity index (χ4v) is 2.66. The van der Waals surface area contributed by atoms with E-state index in [-0.39, 0.29) is 6.10 Å². The third kappa shape index (κ3) is 2.99. The van der Waals surface area contributed by atoms with Gasteiger partial charge in [0, 0.05) is 18.3 Å². The molecule has 20 heavy (non-hydrogen) atoms. The molecule has 0 aliphatic heterocycles. The van der Waals surface area contributed by atoms with Gasteiger partial charge < -0.3 is 9.84 Å². The molecule has 1 atom stereocenters. The molecule has 0 saturated carbocycles. The highest BCUT2D eigenvalue weighted by molar-refractivity contribution is 5.38. The minimum absolute atomic E-state index is 0.335. The SMILES string of the molecule is O[C@H]1CCCc2ccc(OCCc3ccccn3)cc21. The Balaban J connectivity index is 1.62. The van der Waals surface area contributed by atoms with Crippen LogP contribution < -0.4 is 4.74 Å². The number of rotatable bonds is 4. The summed E-state index contributed by atoms with van der Waals surface area (Å²) < 4.78 is 5.77. The molecule has 1 N–H and O–H groups in total. The fourth-order valence-electron chi connectivity index (χ4n) is 2.66. The average Bonchev–Trinajstić information content (AvgIpc) is 2.49. The Morgan fingerprint density at radius 3 is 3.05 bits per heavy atom. The lowest BCUT2D eigenvalue weighted by Gasteiger charge is -2.22. The maximum atomic E-state index is 10.0. The smallest absolute Gasteiger partial charge is 0.119 e. The lowest BCUT2D eigenvalue weighted by Crippen LogP contribution is -2.10. The first-order valence-electron chi connectivity index (χ1n) is 7.16. The lowest BCUT2D eigenvalue weighted by atomic mass is 9.89. The van der Waals surface area contributed by atoms with Crippen LogP contribution in [0.15, 0.2) is 42.6 Å². The van der Waals surface area contributed by atoms with Crippen molar-refractivity contribution in [1.82, 2.24) is 4.98 Å². The summed E-state index contributed by atoms with van der Waals surface area (Å²) in [5, 5.41) is 10.0. The Morgan fingerprint density at radius 1 is 1.25 bits per heavy atom. The molecule has 104 valence electrons. The molecule has 3 nitrogen and oxygen atoms in total. The van der Waals surface area contributed by atoms with Gasteiger partial charge in [-0.1, -0.05) is 12.1 Å². The van der Waals surface area contributed by atoms with Crippen molar-refractivity contribution in [1.29, 1.82) is 0 Å². The number of hydrogen-bond donors (Lipinski definition) is 1. The number of aromatic nitrogens is 1. The van der Waals surface area contributed by atoms with E-state index in [1.807, 2.05) is 30.3 Å². The van der Waals surface area contributed by atoms with E-state index in [1.54, 1.807) is 6.20 Å². The standard InChI is InChI=1S/C17H19NO2/c19-17-6-3-4-13-7-8-15(12-16(13)17)20-11-9-14-5-1-2-10-18-14/h1-2,5,7-8,10,12,17,19H,3-4,6,9,11H2/t17-/m0/s1. The van der Waals surface area contributed by atoms with Gasteiger partial charge in [0.05, 0.1) is 12.7 Å². The van der Waals surface area contributed by atoms with E-state index in [4.69, 9.17) is 4.74 Å². The van der Waals surface area contributed by atoms with E-state index in [0.717, 1.165) is 42.7 Å². The van der Waals surface area contributed by atoms with Crippen molar-refractivity contribution in [2.75, 3.05) is 6.61 Å². The normalized spacial score (nSPS) is 17.6. The molecule has 0 saturated heterocycles. The Morgan fingerprint density at radius 2 is 2.20 bits per heavy atom. The second-order valence-electron chi connectivity index (χ2n) is 5.19. The summed E-state index contributed by atoms with van der Waals surface area (Å²) in [7, 11) is 0. The Labute approximate surface area is 119 Å². The van der Waals surface area contributed by atoms with Gasteiger partial charge in [-0.05, 0) is 54.7 Å². The molecule has 1 heterocycles. The predicted octanol–water partition coefficient (Wildman–Crippen LogP) is 3.07. The topological polar surface area (TPSA) is 42.4 Å². The zero-order valence-corrected chi connectivity index (χ0v) is 11.5. The van der Waals surface area contributed by atoms with Crippen LogP contribution in [0.4, 0.5) is 0 Å². The highest BCUT2D eigenvalue weighted by Gasteiger charge is 2.18. The van der Waals surface area contributed by atoms with E-state index in [9.17, 15) is 5.11 Å². The van der Waals surface area contributed by atoms with Gasteiger partial charge in [0.1, 0.15) is 5.75 Å². The number of hydrogen-bond acceptors (Lipinski definition) is 3.